The molecule has 3 aromatic rings. The SMILES string of the molecule is C=CC(=O)Nc1ccc(Sc2ccccc2C(=O)c2ccccc2)cc1. The monoisotopic (exact) mass is 359 g/mol. The minimum absolute atomic E-state index is 0.00330. The van der Waals surface area contributed by atoms with Gasteiger partial charge in [-0.15, -0.1) is 0 Å². The molecule has 3 rings (SSSR count). The van der Waals surface area contributed by atoms with E-state index >= 15 is 0 Å². The second-order valence-corrected chi connectivity index (χ2v) is 6.63. The maximum absolute atomic E-state index is 12.8. The summed E-state index contributed by atoms with van der Waals surface area (Å²) in [6, 6.07) is 24.3. The number of benzene rings is 3. The molecule has 0 heterocycles. The van der Waals surface area contributed by atoms with E-state index < -0.39 is 0 Å². The maximum atomic E-state index is 12.8. The number of carbonyl (C=O) groups is 2. The lowest BCUT2D eigenvalue weighted by Gasteiger charge is -2.09. The third kappa shape index (κ3) is 4.29. The van der Waals surface area contributed by atoms with Crippen LogP contribution < -0.4 is 5.32 Å². The van der Waals surface area contributed by atoms with Crippen LogP contribution in [-0.4, -0.2) is 11.7 Å². The Morgan fingerprint density at radius 3 is 2.19 bits per heavy atom. The Hall–Kier alpha value is -3.11. The van der Waals surface area contributed by atoms with Gasteiger partial charge in [0.2, 0.25) is 5.91 Å². The van der Waals surface area contributed by atoms with Crippen molar-refractivity contribution in [2.45, 2.75) is 9.79 Å². The molecule has 0 spiro atoms. The summed E-state index contributed by atoms with van der Waals surface area (Å²) >= 11 is 1.52. The molecule has 26 heavy (non-hydrogen) atoms. The highest BCUT2D eigenvalue weighted by Gasteiger charge is 2.13. The molecule has 0 bridgehead atoms. The van der Waals surface area contributed by atoms with E-state index in [1.165, 1.54) is 17.8 Å². The van der Waals surface area contributed by atoms with Gasteiger partial charge in [0.15, 0.2) is 5.78 Å². The van der Waals surface area contributed by atoms with Gasteiger partial charge in [-0.2, -0.15) is 0 Å². The van der Waals surface area contributed by atoms with Crippen molar-refractivity contribution in [3.05, 3.63) is 103 Å². The Kier molecular flexibility index (Phi) is 5.66. The first kappa shape index (κ1) is 17.7. The molecule has 0 atom stereocenters. The van der Waals surface area contributed by atoms with Gasteiger partial charge in [-0.05, 0) is 42.5 Å². The Bertz CT molecular complexity index is 934. The van der Waals surface area contributed by atoms with E-state index in [0.29, 0.717) is 16.8 Å². The summed E-state index contributed by atoms with van der Waals surface area (Å²) in [5.41, 5.74) is 2.05. The Morgan fingerprint density at radius 2 is 1.50 bits per heavy atom. The number of carbonyl (C=O) groups excluding carboxylic acids is 2. The minimum atomic E-state index is -0.246. The normalized spacial score (nSPS) is 10.2. The molecule has 3 aromatic carbocycles. The standard InChI is InChI=1S/C22H17NO2S/c1-2-21(24)23-17-12-14-18(15-13-17)26-20-11-7-6-10-19(20)22(25)16-8-4-3-5-9-16/h2-15H,1H2,(H,23,24). The molecule has 0 radical (unpaired) electrons. The molecule has 4 heteroatoms. The van der Waals surface area contributed by atoms with Gasteiger partial charge < -0.3 is 5.32 Å². The number of anilines is 1. The zero-order valence-electron chi connectivity index (χ0n) is 14.0. The molecular weight excluding hydrogens is 342 g/mol. The average Bonchev–Trinajstić information content (AvgIpc) is 2.70. The summed E-state index contributed by atoms with van der Waals surface area (Å²) in [4.78, 5) is 26.0. The first-order valence-corrected chi connectivity index (χ1v) is 8.89. The van der Waals surface area contributed by atoms with Gasteiger partial charge in [0.05, 0.1) is 0 Å². The molecule has 0 saturated heterocycles. The molecule has 0 aromatic heterocycles. The van der Waals surface area contributed by atoms with Crippen LogP contribution >= 0.6 is 11.8 Å². The quantitative estimate of drug-likeness (QED) is 0.486. The van der Waals surface area contributed by atoms with Crippen molar-refractivity contribution in [2.75, 3.05) is 5.32 Å². The molecule has 1 amide bonds. The molecule has 0 unspecified atom stereocenters. The first-order valence-electron chi connectivity index (χ1n) is 8.07. The van der Waals surface area contributed by atoms with Gasteiger partial charge in [0, 0.05) is 26.6 Å². The van der Waals surface area contributed by atoms with Crippen molar-refractivity contribution in [2.24, 2.45) is 0 Å². The molecular formula is C22H17NO2S. The highest BCUT2D eigenvalue weighted by atomic mass is 32.2. The Balaban J connectivity index is 1.81. The lowest BCUT2D eigenvalue weighted by Crippen LogP contribution is -2.06. The topological polar surface area (TPSA) is 46.2 Å². The maximum Gasteiger partial charge on any atom is 0.247 e. The Morgan fingerprint density at radius 1 is 0.846 bits per heavy atom. The van der Waals surface area contributed by atoms with Crippen LogP contribution in [0.3, 0.4) is 0 Å². The van der Waals surface area contributed by atoms with Crippen molar-refractivity contribution >= 4 is 29.1 Å². The highest BCUT2D eigenvalue weighted by Crippen LogP contribution is 2.32. The van der Waals surface area contributed by atoms with Gasteiger partial charge in [-0.3, -0.25) is 9.59 Å². The fourth-order valence-electron chi connectivity index (χ4n) is 2.41. The van der Waals surface area contributed by atoms with E-state index in [9.17, 15) is 9.59 Å². The number of rotatable bonds is 6. The highest BCUT2D eigenvalue weighted by molar-refractivity contribution is 7.99. The van der Waals surface area contributed by atoms with Crippen LogP contribution in [0.4, 0.5) is 5.69 Å². The fourth-order valence-corrected chi connectivity index (χ4v) is 3.36. The van der Waals surface area contributed by atoms with Gasteiger partial charge in [0.1, 0.15) is 0 Å². The average molecular weight is 359 g/mol. The first-order chi connectivity index (χ1) is 12.7. The van der Waals surface area contributed by atoms with Crippen LogP contribution in [0, 0.1) is 0 Å². The molecule has 3 nitrogen and oxygen atoms in total. The van der Waals surface area contributed by atoms with E-state index in [4.69, 9.17) is 0 Å². The lowest BCUT2D eigenvalue weighted by atomic mass is 10.0. The van der Waals surface area contributed by atoms with Crippen LogP contribution in [0.2, 0.25) is 0 Å². The largest absolute Gasteiger partial charge is 0.323 e. The van der Waals surface area contributed by atoms with Gasteiger partial charge in [-0.25, -0.2) is 0 Å². The predicted octanol–water partition coefficient (Wildman–Crippen LogP) is 5.19. The molecule has 1 N–H and O–H groups in total. The molecule has 0 saturated carbocycles. The van der Waals surface area contributed by atoms with Crippen LogP contribution in [0.1, 0.15) is 15.9 Å². The molecule has 0 fully saturated rings. The molecule has 0 aliphatic rings. The van der Waals surface area contributed by atoms with E-state index in [2.05, 4.69) is 11.9 Å². The summed E-state index contributed by atoms with van der Waals surface area (Å²) < 4.78 is 0. The van der Waals surface area contributed by atoms with E-state index in [1.807, 2.05) is 78.9 Å². The summed E-state index contributed by atoms with van der Waals surface area (Å²) in [5, 5.41) is 2.71. The van der Waals surface area contributed by atoms with Crippen LogP contribution in [0.15, 0.2) is 101 Å². The Labute approximate surface area is 156 Å². The fraction of sp³-hybridized carbons (Fsp3) is 0. The van der Waals surface area contributed by atoms with Crippen LogP contribution in [0.5, 0.6) is 0 Å². The van der Waals surface area contributed by atoms with Gasteiger partial charge >= 0.3 is 0 Å². The summed E-state index contributed by atoms with van der Waals surface area (Å²) in [6.07, 6.45) is 1.23. The second-order valence-electron chi connectivity index (χ2n) is 5.51. The van der Waals surface area contributed by atoms with Crippen molar-refractivity contribution < 1.29 is 9.59 Å². The molecule has 128 valence electrons. The van der Waals surface area contributed by atoms with Crippen molar-refractivity contribution in [1.82, 2.24) is 0 Å². The van der Waals surface area contributed by atoms with Crippen molar-refractivity contribution in [1.29, 1.82) is 0 Å². The zero-order valence-corrected chi connectivity index (χ0v) is 14.8. The predicted molar refractivity (Wildman–Crippen MR) is 106 cm³/mol. The van der Waals surface area contributed by atoms with E-state index in [-0.39, 0.29) is 11.7 Å². The van der Waals surface area contributed by atoms with Crippen LogP contribution in [0.25, 0.3) is 0 Å². The third-order valence-electron chi connectivity index (χ3n) is 3.70. The van der Waals surface area contributed by atoms with Gasteiger partial charge in [0.25, 0.3) is 0 Å². The summed E-state index contributed by atoms with van der Waals surface area (Å²) in [7, 11) is 0. The summed E-state index contributed by atoms with van der Waals surface area (Å²) in [5.74, 6) is -0.243. The number of ketones is 1. The number of hydrogen-bond acceptors (Lipinski definition) is 3. The smallest absolute Gasteiger partial charge is 0.247 e. The number of nitrogens with one attached hydrogen (secondary N) is 1. The van der Waals surface area contributed by atoms with Crippen LogP contribution in [-0.2, 0) is 4.79 Å². The van der Waals surface area contributed by atoms with E-state index in [0.717, 1.165) is 9.79 Å². The lowest BCUT2D eigenvalue weighted by molar-refractivity contribution is -0.111. The van der Waals surface area contributed by atoms with Gasteiger partial charge in [-0.1, -0.05) is 60.8 Å². The number of amides is 1. The van der Waals surface area contributed by atoms with Crippen molar-refractivity contribution in [3.63, 3.8) is 0 Å². The summed E-state index contributed by atoms with van der Waals surface area (Å²) in [6.45, 7) is 3.43. The molecule has 0 aliphatic heterocycles. The van der Waals surface area contributed by atoms with Crippen molar-refractivity contribution in [3.8, 4) is 0 Å². The number of hydrogen-bond donors (Lipinski definition) is 1. The van der Waals surface area contributed by atoms with E-state index in [1.54, 1.807) is 0 Å². The second kappa shape index (κ2) is 8.32. The minimum Gasteiger partial charge on any atom is -0.323 e. The third-order valence-corrected chi connectivity index (χ3v) is 4.79. The molecule has 0 aliphatic carbocycles. The zero-order chi connectivity index (χ0) is 18.4.